The molecule has 4 heteroatoms. The van der Waals surface area contributed by atoms with Crippen LogP contribution in [0.5, 0.6) is 0 Å². The summed E-state index contributed by atoms with van der Waals surface area (Å²) in [6, 6.07) is 14.2. The van der Waals surface area contributed by atoms with E-state index >= 15 is 0 Å². The first-order valence-corrected chi connectivity index (χ1v) is 6.15. The zero-order chi connectivity index (χ0) is 13.0. The maximum atomic E-state index is 5.53. The molecule has 0 spiro atoms. The van der Waals surface area contributed by atoms with Crippen molar-refractivity contribution in [2.75, 3.05) is 5.32 Å². The summed E-state index contributed by atoms with van der Waals surface area (Å²) >= 11 is 4.89. The predicted molar refractivity (Wildman–Crippen MR) is 78.6 cm³/mol. The van der Waals surface area contributed by atoms with E-state index in [9.17, 15) is 0 Å². The third-order valence-electron chi connectivity index (χ3n) is 2.71. The van der Waals surface area contributed by atoms with Gasteiger partial charge in [-0.1, -0.05) is 42.5 Å². The lowest BCUT2D eigenvalue weighted by Crippen LogP contribution is -2.11. The lowest BCUT2D eigenvalue weighted by Gasteiger charge is -2.14. The average Bonchev–Trinajstić information content (AvgIpc) is 2.40. The molecule has 2 aromatic rings. The molecule has 0 saturated carbocycles. The number of pyridine rings is 1. The Morgan fingerprint density at radius 3 is 2.50 bits per heavy atom. The van der Waals surface area contributed by atoms with Gasteiger partial charge in [0.15, 0.2) is 0 Å². The number of aromatic nitrogens is 1. The smallest absolute Gasteiger partial charge is 0.126 e. The van der Waals surface area contributed by atoms with E-state index in [1.807, 2.05) is 30.3 Å². The van der Waals surface area contributed by atoms with Gasteiger partial charge in [-0.3, -0.25) is 0 Å². The number of anilines is 1. The lowest BCUT2D eigenvalue weighted by molar-refractivity contribution is 0.874. The van der Waals surface area contributed by atoms with Gasteiger partial charge in [0.25, 0.3) is 0 Å². The highest BCUT2D eigenvalue weighted by Gasteiger charge is 2.05. The van der Waals surface area contributed by atoms with Crippen molar-refractivity contribution >= 4 is 23.0 Å². The molecule has 1 aromatic carbocycles. The molecule has 0 aliphatic rings. The quantitative estimate of drug-likeness (QED) is 0.827. The average molecular weight is 257 g/mol. The van der Waals surface area contributed by atoms with Crippen molar-refractivity contribution in [1.29, 1.82) is 0 Å². The molecular formula is C14H15N3S. The molecule has 1 atom stereocenters. The molecule has 18 heavy (non-hydrogen) atoms. The van der Waals surface area contributed by atoms with Gasteiger partial charge in [-0.05, 0) is 24.6 Å². The van der Waals surface area contributed by atoms with Crippen LogP contribution >= 0.6 is 12.2 Å². The molecule has 0 amide bonds. The van der Waals surface area contributed by atoms with Crippen molar-refractivity contribution < 1.29 is 0 Å². The lowest BCUT2D eigenvalue weighted by atomic mass is 10.1. The minimum absolute atomic E-state index is 0.203. The number of nitrogens with zero attached hydrogens (tertiary/aromatic N) is 1. The van der Waals surface area contributed by atoms with Crippen LogP contribution in [0.15, 0.2) is 48.7 Å². The van der Waals surface area contributed by atoms with Crippen molar-refractivity contribution in [2.45, 2.75) is 13.0 Å². The summed E-state index contributed by atoms with van der Waals surface area (Å²) in [5, 5.41) is 3.33. The molecule has 1 aromatic heterocycles. The van der Waals surface area contributed by atoms with Crippen molar-refractivity contribution in [1.82, 2.24) is 4.98 Å². The van der Waals surface area contributed by atoms with E-state index in [2.05, 4.69) is 29.4 Å². The van der Waals surface area contributed by atoms with E-state index in [1.54, 1.807) is 6.20 Å². The Hall–Kier alpha value is -1.94. The normalized spacial score (nSPS) is 11.8. The number of benzene rings is 1. The predicted octanol–water partition coefficient (Wildman–Crippen LogP) is 2.89. The minimum atomic E-state index is 0.203. The Morgan fingerprint density at radius 1 is 1.22 bits per heavy atom. The highest BCUT2D eigenvalue weighted by molar-refractivity contribution is 7.80. The van der Waals surface area contributed by atoms with Crippen LogP contribution in [0, 0.1) is 0 Å². The number of hydrogen-bond acceptors (Lipinski definition) is 3. The van der Waals surface area contributed by atoms with E-state index < -0.39 is 0 Å². The Bertz CT molecular complexity index is 522. The highest BCUT2D eigenvalue weighted by atomic mass is 32.1. The molecule has 2 rings (SSSR count). The Balaban J connectivity index is 2.08. The van der Waals surface area contributed by atoms with Crippen LogP contribution in [-0.4, -0.2) is 9.97 Å². The molecule has 3 N–H and O–H groups in total. The number of rotatable bonds is 4. The number of thiocarbonyl (C=S) groups is 1. The molecule has 0 fully saturated rings. The molecule has 0 radical (unpaired) electrons. The topological polar surface area (TPSA) is 50.9 Å². The molecular weight excluding hydrogens is 242 g/mol. The van der Waals surface area contributed by atoms with Gasteiger partial charge < -0.3 is 11.1 Å². The van der Waals surface area contributed by atoms with E-state index in [1.165, 1.54) is 5.56 Å². The fraction of sp³-hybridized carbons (Fsp3) is 0.143. The van der Waals surface area contributed by atoms with E-state index in [-0.39, 0.29) is 6.04 Å². The SMILES string of the molecule is CC(Nc1ccc(C(N)=S)cn1)c1ccccc1. The van der Waals surface area contributed by atoms with Crippen LogP contribution in [0.3, 0.4) is 0 Å². The molecule has 3 nitrogen and oxygen atoms in total. The van der Waals surface area contributed by atoms with Crippen molar-refractivity contribution in [3.63, 3.8) is 0 Å². The zero-order valence-electron chi connectivity index (χ0n) is 10.1. The van der Waals surface area contributed by atoms with Crippen LogP contribution in [-0.2, 0) is 0 Å². The van der Waals surface area contributed by atoms with Crippen molar-refractivity contribution in [3.8, 4) is 0 Å². The summed E-state index contributed by atoms with van der Waals surface area (Å²) in [5.41, 5.74) is 7.53. The summed E-state index contributed by atoms with van der Waals surface area (Å²) in [6.45, 7) is 2.10. The molecule has 0 saturated heterocycles. The van der Waals surface area contributed by atoms with Gasteiger partial charge >= 0.3 is 0 Å². The summed E-state index contributed by atoms with van der Waals surface area (Å²) in [7, 11) is 0. The molecule has 0 bridgehead atoms. The molecule has 0 aliphatic carbocycles. The second-order valence-corrected chi connectivity index (χ2v) is 4.51. The van der Waals surface area contributed by atoms with Crippen LogP contribution in [0.25, 0.3) is 0 Å². The van der Waals surface area contributed by atoms with Crippen molar-refractivity contribution in [2.24, 2.45) is 5.73 Å². The summed E-state index contributed by atoms with van der Waals surface area (Å²) < 4.78 is 0. The number of nitrogens with two attached hydrogens (primary N) is 1. The van der Waals surface area contributed by atoms with E-state index in [0.717, 1.165) is 11.4 Å². The molecule has 92 valence electrons. The number of nitrogens with one attached hydrogen (secondary N) is 1. The summed E-state index contributed by atoms with van der Waals surface area (Å²) in [5.74, 6) is 0.811. The third kappa shape index (κ3) is 3.05. The van der Waals surface area contributed by atoms with E-state index in [4.69, 9.17) is 18.0 Å². The fourth-order valence-corrected chi connectivity index (χ4v) is 1.79. The second-order valence-electron chi connectivity index (χ2n) is 4.07. The highest BCUT2D eigenvalue weighted by Crippen LogP contribution is 2.17. The minimum Gasteiger partial charge on any atom is -0.389 e. The molecule has 1 heterocycles. The maximum absolute atomic E-state index is 5.53. The zero-order valence-corrected chi connectivity index (χ0v) is 10.9. The van der Waals surface area contributed by atoms with Gasteiger partial charge in [-0.2, -0.15) is 0 Å². The Labute approximate surface area is 112 Å². The molecule has 1 unspecified atom stereocenters. The summed E-state index contributed by atoms with van der Waals surface area (Å²) in [4.78, 5) is 4.65. The standard InChI is InChI=1S/C14H15N3S/c1-10(11-5-3-2-4-6-11)17-13-8-7-12(9-16-13)14(15)18/h2-10H,1H3,(H2,15,18)(H,16,17). The maximum Gasteiger partial charge on any atom is 0.126 e. The van der Waals surface area contributed by atoms with Crippen LogP contribution in [0.4, 0.5) is 5.82 Å². The molecule has 0 aliphatic heterocycles. The van der Waals surface area contributed by atoms with Gasteiger partial charge in [0, 0.05) is 17.8 Å². The fourth-order valence-electron chi connectivity index (χ4n) is 1.67. The number of hydrogen-bond donors (Lipinski definition) is 2. The second kappa shape index (κ2) is 5.60. The van der Waals surface area contributed by atoms with E-state index in [0.29, 0.717) is 4.99 Å². The Morgan fingerprint density at radius 2 is 1.94 bits per heavy atom. The Kier molecular flexibility index (Phi) is 3.89. The van der Waals surface area contributed by atoms with Crippen LogP contribution in [0.2, 0.25) is 0 Å². The van der Waals surface area contributed by atoms with Crippen LogP contribution in [0.1, 0.15) is 24.1 Å². The van der Waals surface area contributed by atoms with Gasteiger partial charge in [-0.15, -0.1) is 0 Å². The largest absolute Gasteiger partial charge is 0.389 e. The van der Waals surface area contributed by atoms with Crippen molar-refractivity contribution in [3.05, 3.63) is 59.8 Å². The van der Waals surface area contributed by atoms with Gasteiger partial charge in [0.1, 0.15) is 10.8 Å². The van der Waals surface area contributed by atoms with Gasteiger partial charge in [-0.25, -0.2) is 4.98 Å². The first kappa shape index (κ1) is 12.5. The third-order valence-corrected chi connectivity index (χ3v) is 2.95. The first-order chi connectivity index (χ1) is 8.66. The monoisotopic (exact) mass is 257 g/mol. The summed E-state index contributed by atoms with van der Waals surface area (Å²) in [6.07, 6.45) is 1.68. The van der Waals surface area contributed by atoms with Crippen LogP contribution < -0.4 is 11.1 Å². The van der Waals surface area contributed by atoms with Gasteiger partial charge in [0.2, 0.25) is 0 Å². The first-order valence-electron chi connectivity index (χ1n) is 5.74. The van der Waals surface area contributed by atoms with Gasteiger partial charge in [0.05, 0.1) is 0 Å².